The van der Waals surface area contributed by atoms with Gasteiger partial charge in [0.25, 0.3) is 0 Å². The molecule has 0 unspecified atom stereocenters. The second-order valence-electron chi connectivity index (χ2n) is 3.02. The Morgan fingerprint density at radius 2 is 2.23 bits per heavy atom. The van der Waals surface area contributed by atoms with Crippen LogP contribution < -0.4 is 0 Å². The van der Waals surface area contributed by atoms with E-state index in [-0.39, 0.29) is 10.8 Å². The third-order valence-corrected chi connectivity index (χ3v) is 2.80. The number of unbranched alkanes of at least 4 members (excludes halogenated alkanes) is 2. The number of carbonyl (C=O) groups excluding carboxylic acids is 1. The molecule has 1 rings (SSSR count). The fourth-order valence-corrected chi connectivity index (χ4v) is 1.85. The SMILES string of the molecule is CCCCCC(=O)c1ccc(O)s1. The molecule has 0 aliphatic heterocycles. The Labute approximate surface area is 82.2 Å². The molecule has 0 saturated carbocycles. The van der Waals surface area contributed by atoms with Crippen LogP contribution in [-0.2, 0) is 0 Å². The largest absolute Gasteiger partial charge is 0.499 e. The summed E-state index contributed by atoms with van der Waals surface area (Å²) in [6, 6.07) is 3.26. The van der Waals surface area contributed by atoms with E-state index in [2.05, 4.69) is 6.92 Å². The Hall–Kier alpha value is -0.830. The van der Waals surface area contributed by atoms with E-state index in [4.69, 9.17) is 5.11 Å². The molecule has 0 spiro atoms. The van der Waals surface area contributed by atoms with Crippen LogP contribution in [0.3, 0.4) is 0 Å². The van der Waals surface area contributed by atoms with E-state index >= 15 is 0 Å². The van der Waals surface area contributed by atoms with E-state index in [1.807, 2.05) is 0 Å². The number of rotatable bonds is 5. The van der Waals surface area contributed by atoms with Gasteiger partial charge < -0.3 is 5.11 Å². The van der Waals surface area contributed by atoms with Crippen LogP contribution in [0.1, 0.15) is 42.3 Å². The average molecular weight is 198 g/mol. The van der Waals surface area contributed by atoms with Gasteiger partial charge in [-0.3, -0.25) is 4.79 Å². The highest BCUT2D eigenvalue weighted by molar-refractivity contribution is 7.15. The zero-order chi connectivity index (χ0) is 9.68. The van der Waals surface area contributed by atoms with E-state index in [0.29, 0.717) is 11.3 Å². The van der Waals surface area contributed by atoms with Gasteiger partial charge in [-0.25, -0.2) is 0 Å². The maximum absolute atomic E-state index is 11.4. The highest BCUT2D eigenvalue weighted by Gasteiger charge is 2.07. The molecule has 1 heterocycles. The quantitative estimate of drug-likeness (QED) is 0.582. The maximum atomic E-state index is 11.4. The van der Waals surface area contributed by atoms with E-state index < -0.39 is 0 Å². The van der Waals surface area contributed by atoms with Crippen molar-refractivity contribution in [3.8, 4) is 5.06 Å². The van der Waals surface area contributed by atoms with Gasteiger partial charge in [0.15, 0.2) is 10.8 Å². The highest BCUT2D eigenvalue weighted by Crippen LogP contribution is 2.24. The summed E-state index contributed by atoms with van der Waals surface area (Å²) in [6.07, 6.45) is 3.79. The molecule has 0 aliphatic rings. The molecule has 0 atom stereocenters. The van der Waals surface area contributed by atoms with Crippen molar-refractivity contribution in [3.05, 3.63) is 17.0 Å². The molecule has 2 nitrogen and oxygen atoms in total. The summed E-state index contributed by atoms with van der Waals surface area (Å²) in [7, 11) is 0. The summed E-state index contributed by atoms with van der Waals surface area (Å²) >= 11 is 1.16. The Morgan fingerprint density at radius 3 is 2.77 bits per heavy atom. The van der Waals surface area contributed by atoms with Crippen LogP contribution in [0.2, 0.25) is 0 Å². The maximum Gasteiger partial charge on any atom is 0.172 e. The number of thiophene rings is 1. The minimum absolute atomic E-state index is 0.152. The minimum Gasteiger partial charge on any atom is -0.499 e. The fraction of sp³-hybridized carbons (Fsp3) is 0.500. The number of hydrogen-bond donors (Lipinski definition) is 1. The number of carbonyl (C=O) groups is 1. The first-order chi connectivity index (χ1) is 6.24. The van der Waals surface area contributed by atoms with Crippen molar-refractivity contribution in [2.24, 2.45) is 0 Å². The molecule has 13 heavy (non-hydrogen) atoms. The Morgan fingerprint density at radius 1 is 1.46 bits per heavy atom. The molecule has 0 bridgehead atoms. The molecule has 0 aromatic carbocycles. The summed E-state index contributed by atoms with van der Waals surface area (Å²) in [5.74, 6) is 0.152. The third-order valence-electron chi connectivity index (χ3n) is 1.87. The average Bonchev–Trinajstić information content (AvgIpc) is 2.52. The molecule has 0 saturated heterocycles. The molecule has 72 valence electrons. The molecule has 0 radical (unpaired) electrons. The van der Waals surface area contributed by atoms with Crippen LogP contribution in [0.4, 0.5) is 0 Å². The molecular formula is C10H14O2S. The van der Waals surface area contributed by atoms with Crippen molar-refractivity contribution >= 4 is 17.1 Å². The van der Waals surface area contributed by atoms with Crippen molar-refractivity contribution < 1.29 is 9.90 Å². The van der Waals surface area contributed by atoms with Gasteiger partial charge in [0.1, 0.15) is 0 Å². The lowest BCUT2D eigenvalue weighted by atomic mass is 10.1. The standard InChI is InChI=1S/C10H14O2S/c1-2-3-4-5-8(11)9-6-7-10(12)13-9/h6-7,12H,2-5H2,1H3. The van der Waals surface area contributed by atoms with E-state index in [9.17, 15) is 4.79 Å². The summed E-state index contributed by atoms with van der Waals surface area (Å²) in [5, 5.41) is 9.26. The smallest absolute Gasteiger partial charge is 0.172 e. The normalized spacial score (nSPS) is 10.2. The van der Waals surface area contributed by atoms with Crippen LogP contribution in [0, 0.1) is 0 Å². The molecule has 0 fully saturated rings. The van der Waals surface area contributed by atoms with Crippen LogP contribution >= 0.6 is 11.3 Å². The number of Topliss-reactive ketones (excluding diaryl/α,β-unsaturated/α-hetero) is 1. The van der Waals surface area contributed by atoms with Crippen molar-refractivity contribution in [1.82, 2.24) is 0 Å². The zero-order valence-electron chi connectivity index (χ0n) is 7.75. The molecule has 3 heteroatoms. The lowest BCUT2D eigenvalue weighted by Crippen LogP contribution is -1.94. The predicted molar refractivity (Wildman–Crippen MR) is 54.5 cm³/mol. The van der Waals surface area contributed by atoms with Gasteiger partial charge in [-0.2, -0.15) is 0 Å². The van der Waals surface area contributed by atoms with Crippen molar-refractivity contribution in [2.75, 3.05) is 0 Å². The number of ketones is 1. The van der Waals surface area contributed by atoms with Gasteiger partial charge >= 0.3 is 0 Å². The first kappa shape index (κ1) is 10.3. The van der Waals surface area contributed by atoms with Gasteiger partial charge in [0, 0.05) is 6.42 Å². The summed E-state index contributed by atoms with van der Waals surface area (Å²) in [6.45, 7) is 2.11. The zero-order valence-corrected chi connectivity index (χ0v) is 8.56. The van der Waals surface area contributed by atoms with Crippen molar-refractivity contribution in [3.63, 3.8) is 0 Å². The van der Waals surface area contributed by atoms with Gasteiger partial charge in [0.2, 0.25) is 0 Å². The second-order valence-corrected chi connectivity index (χ2v) is 4.08. The fourth-order valence-electron chi connectivity index (χ4n) is 1.14. The number of hydrogen-bond acceptors (Lipinski definition) is 3. The summed E-state index contributed by atoms with van der Waals surface area (Å²) in [5.41, 5.74) is 0. The lowest BCUT2D eigenvalue weighted by Gasteiger charge is -1.95. The van der Waals surface area contributed by atoms with Crippen LogP contribution in [-0.4, -0.2) is 10.9 Å². The van der Waals surface area contributed by atoms with Gasteiger partial charge in [-0.05, 0) is 18.6 Å². The Bertz CT molecular complexity index is 278. The van der Waals surface area contributed by atoms with Gasteiger partial charge in [-0.1, -0.05) is 31.1 Å². The monoisotopic (exact) mass is 198 g/mol. The first-order valence-corrected chi connectivity index (χ1v) is 5.37. The molecule has 1 aromatic rings. The molecule has 1 aromatic heterocycles. The van der Waals surface area contributed by atoms with E-state index in [1.165, 1.54) is 0 Å². The molecule has 0 amide bonds. The highest BCUT2D eigenvalue weighted by atomic mass is 32.1. The minimum atomic E-state index is 0.152. The number of aromatic hydroxyl groups is 1. The summed E-state index contributed by atoms with van der Waals surface area (Å²) < 4.78 is 0. The lowest BCUT2D eigenvalue weighted by molar-refractivity contribution is 0.0983. The molecule has 1 N–H and O–H groups in total. The Kier molecular flexibility index (Phi) is 3.96. The van der Waals surface area contributed by atoms with Crippen LogP contribution in [0.25, 0.3) is 0 Å². The molecule has 0 aliphatic carbocycles. The third kappa shape index (κ3) is 3.19. The summed E-state index contributed by atoms with van der Waals surface area (Å²) in [4.78, 5) is 12.1. The van der Waals surface area contributed by atoms with Gasteiger partial charge in [-0.15, -0.1) is 0 Å². The van der Waals surface area contributed by atoms with Crippen molar-refractivity contribution in [1.29, 1.82) is 0 Å². The van der Waals surface area contributed by atoms with E-state index in [1.54, 1.807) is 12.1 Å². The van der Waals surface area contributed by atoms with Crippen LogP contribution in [0.15, 0.2) is 12.1 Å². The molecular weight excluding hydrogens is 184 g/mol. The first-order valence-electron chi connectivity index (χ1n) is 4.56. The van der Waals surface area contributed by atoms with E-state index in [0.717, 1.165) is 30.6 Å². The second kappa shape index (κ2) is 5.02. The van der Waals surface area contributed by atoms with Gasteiger partial charge in [0.05, 0.1) is 4.88 Å². The van der Waals surface area contributed by atoms with Crippen molar-refractivity contribution in [2.45, 2.75) is 32.6 Å². The predicted octanol–water partition coefficient (Wildman–Crippen LogP) is 3.22. The topological polar surface area (TPSA) is 37.3 Å². The Balaban J connectivity index is 2.40. The van der Waals surface area contributed by atoms with Crippen LogP contribution in [0.5, 0.6) is 5.06 Å².